The molecule has 1 aliphatic carbocycles. The van der Waals surface area contributed by atoms with E-state index in [9.17, 15) is 41.0 Å². The minimum Gasteiger partial charge on any atom is -0.465 e. The van der Waals surface area contributed by atoms with Gasteiger partial charge in [0.15, 0.2) is 0 Å². The Morgan fingerprint density at radius 3 is 2.14 bits per heavy atom. The van der Waals surface area contributed by atoms with Crippen LogP contribution in [0, 0.1) is 5.92 Å². The Morgan fingerprint density at radius 1 is 1.05 bits per heavy atom. The summed E-state index contributed by atoms with van der Waals surface area (Å²) in [4.78, 5) is 27.2. The van der Waals surface area contributed by atoms with E-state index in [1.54, 1.807) is 0 Å². The van der Waals surface area contributed by atoms with Gasteiger partial charge < -0.3 is 9.84 Å². The molecule has 1 saturated carbocycles. The highest BCUT2D eigenvalue weighted by atomic mass is 35.5. The number of amides is 2. The molecule has 0 bridgehead atoms. The van der Waals surface area contributed by atoms with Crippen molar-refractivity contribution in [1.82, 2.24) is 4.90 Å². The average Bonchev–Trinajstić information content (AvgIpc) is 3.65. The van der Waals surface area contributed by atoms with E-state index in [0.29, 0.717) is 17.7 Å². The fourth-order valence-electron chi connectivity index (χ4n) is 4.80. The molecule has 37 heavy (non-hydrogen) atoms. The number of ether oxygens (including phenoxy) is 1. The van der Waals surface area contributed by atoms with Gasteiger partial charge in [0.2, 0.25) is 0 Å². The van der Waals surface area contributed by atoms with Crippen LogP contribution in [0.2, 0.25) is 5.02 Å². The highest BCUT2D eigenvalue weighted by Crippen LogP contribution is 2.49. The van der Waals surface area contributed by atoms with Crippen LogP contribution in [0.4, 0.5) is 41.6 Å². The Labute approximate surface area is 212 Å². The minimum absolute atomic E-state index is 0.00712. The Kier molecular flexibility index (Phi) is 7.00. The quantitative estimate of drug-likeness (QED) is 0.404. The largest absolute Gasteiger partial charge is 0.465 e. The van der Waals surface area contributed by atoms with E-state index < -0.39 is 59.9 Å². The number of hydrogen-bond acceptors (Lipinski definition) is 3. The number of rotatable bonds is 4. The summed E-state index contributed by atoms with van der Waals surface area (Å²) in [6, 6.07) is 3.99. The van der Waals surface area contributed by atoms with Gasteiger partial charge in [-0.3, -0.25) is 9.80 Å². The molecule has 0 aromatic heterocycles. The van der Waals surface area contributed by atoms with Gasteiger partial charge in [-0.15, -0.1) is 0 Å². The van der Waals surface area contributed by atoms with Crippen molar-refractivity contribution in [2.75, 3.05) is 12.0 Å². The standard InChI is InChI=1S/C24H21ClF6N2O4/c1-37-22(36)32(11-12-6-14(23(26,27)28)8-15(7-12)24(29,30)31)20-10-19(13-2-3-13)33(21(34)35)18-5-4-16(25)9-17(18)20/h4-9,13,19-20H,2-3,10-11H2,1H3,(H,34,35). The van der Waals surface area contributed by atoms with Crippen molar-refractivity contribution in [3.63, 3.8) is 0 Å². The smallest absolute Gasteiger partial charge is 0.416 e. The van der Waals surface area contributed by atoms with E-state index in [-0.39, 0.29) is 29.1 Å². The summed E-state index contributed by atoms with van der Waals surface area (Å²) in [7, 11) is 1.03. The summed E-state index contributed by atoms with van der Waals surface area (Å²) in [6.07, 6.45) is -10.8. The van der Waals surface area contributed by atoms with Crippen molar-refractivity contribution < 1.29 is 45.8 Å². The van der Waals surface area contributed by atoms with Crippen LogP contribution >= 0.6 is 11.6 Å². The number of hydrogen-bond donors (Lipinski definition) is 1. The third kappa shape index (κ3) is 5.58. The second-order valence-electron chi connectivity index (χ2n) is 9.02. The molecule has 4 rings (SSSR count). The fraction of sp³-hybridized carbons (Fsp3) is 0.417. The molecule has 1 heterocycles. The second-order valence-corrected chi connectivity index (χ2v) is 9.46. The lowest BCUT2D eigenvalue weighted by Crippen LogP contribution is -2.49. The van der Waals surface area contributed by atoms with Crippen LogP contribution in [0.3, 0.4) is 0 Å². The first kappa shape index (κ1) is 26.9. The molecular formula is C24H21ClF6N2O4. The summed E-state index contributed by atoms with van der Waals surface area (Å²) < 4.78 is 85.3. The van der Waals surface area contributed by atoms with Gasteiger partial charge in [-0.25, -0.2) is 9.59 Å². The molecular weight excluding hydrogens is 530 g/mol. The normalized spacial score (nSPS) is 19.8. The third-order valence-corrected chi connectivity index (χ3v) is 6.80. The van der Waals surface area contributed by atoms with Crippen LogP contribution in [0.25, 0.3) is 0 Å². The monoisotopic (exact) mass is 550 g/mol. The van der Waals surface area contributed by atoms with Crippen LogP contribution in [0.15, 0.2) is 36.4 Å². The second kappa shape index (κ2) is 9.62. The highest BCUT2D eigenvalue weighted by Gasteiger charge is 2.46. The van der Waals surface area contributed by atoms with Crippen molar-refractivity contribution in [1.29, 1.82) is 0 Å². The first-order valence-corrected chi connectivity index (χ1v) is 11.5. The van der Waals surface area contributed by atoms with Crippen molar-refractivity contribution in [2.45, 2.75) is 50.2 Å². The van der Waals surface area contributed by atoms with E-state index >= 15 is 0 Å². The topological polar surface area (TPSA) is 70.1 Å². The molecule has 1 N–H and O–H groups in total. The summed E-state index contributed by atoms with van der Waals surface area (Å²) in [5.74, 6) is -0.00712. The maximum Gasteiger partial charge on any atom is 0.416 e. The maximum absolute atomic E-state index is 13.4. The average molecular weight is 551 g/mol. The first-order valence-electron chi connectivity index (χ1n) is 11.1. The molecule has 2 atom stereocenters. The molecule has 1 fully saturated rings. The Morgan fingerprint density at radius 2 is 1.65 bits per heavy atom. The number of methoxy groups -OCH3 is 1. The summed E-state index contributed by atoms with van der Waals surface area (Å²) in [5.41, 5.74) is -2.91. The zero-order valence-electron chi connectivity index (χ0n) is 19.2. The number of benzene rings is 2. The number of halogens is 7. The van der Waals surface area contributed by atoms with Crippen molar-refractivity contribution in [2.24, 2.45) is 5.92 Å². The molecule has 2 unspecified atom stereocenters. The lowest BCUT2D eigenvalue weighted by molar-refractivity contribution is -0.143. The predicted molar refractivity (Wildman–Crippen MR) is 120 cm³/mol. The van der Waals surface area contributed by atoms with Gasteiger partial charge in [0.25, 0.3) is 0 Å². The van der Waals surface area contributed by atoms with Gasteiger partial charge in [-0.2, -0.15) is 26.3 Å². The van der Waals surface area contributed by atoms with E-state index in [2.05, 4.69) is 0 Å². The van der Waals surface area contributed by atoms with Crippen LogP contribution < -0.4 is 4.90 Å². The van der Waals surface area contributed by atoms with Gasteiger partial charge in [0, 0.05) is 23.2 Å². The highest BCUT2D eigenvalue weighted by molar-refractivity contribution is 6.30. The molecule has 2 aromatic rings. The van der Waals surface area contributed by atoms with E-state index in [1.165, 1.54) is 23.1 Å². The van der Waals surface area contributed by atoms with Crippen LogP contribution in [-0.4, -0.2) is 35.3 Å². The Balaban J connectivity index is 1.82. The fourth-order valence-corrected chi connectivity index (χ4v) is 4.98. The molecule has 1 aliphatic heterocycles. The van der Waals surface area contributed by atoms with Gasteiger partial charge >= 0.3 is 24.5 Å². The van der Waals surface area contributed by atoms with Crippen molar-refractivity contribution >= 4 is 29.5 Å². The number of anilines is 1. The van der Waals surface area contributed by atoms with E-state index in [4.69, 9.17) is 16.3 Å². The number of alkyl halides is 6. The summed E-state index contributed by atoms with van der Waals surface area (Å²) in [6.45, 7) is -0.652. The van der Waals surface area contributed by atoms with Gasteiger partial charge in [-0.1, -0.05) is 11.6 Å². The number of nitrogens with zero attached hydrogens (tertiary/aromatic N) is 2. The number of fused-ring (bicyclic) bond motifs is 1. The molecule has 0 saturated heterocycles. The summed E-state index contributed by atoms with van der Waals surface area (Å²) >= 11 is 6.15. The van der Waals surface area contributed by atoms with Crippen LogP contribution in [0.1, 0.15) is 47.6 Å². The summed E-state index contributed by atoms with van der Waals surface area (Å²) in [5, 5.41) is 10.1. The van der Waals surface area contributed by atoms with Crippen molar-refractivity contribution in [3.05, 3.63) is 63.7 Å². The zero-order valence-corrected chi connectivity index (χ0v) is 20.0. The first-order chi connectivity index (χ1) is 17.2. The number of carbonyl (C=O) groups excluding carboxylic acids is 1. The predicted octanol–water partition coefficient (Wildman–Crippen LogP) is 7.35. The molecule has 0 radical (unpaired) electrons. The van der Waals surface area contributed by atoms with E-state index in [0.717, 1.165) is 24.9 Å². The van der Waals surface area contributed by atoms with Gasteiger partial charge in [0.05, 0.1) is 30.0 Å². The zero-order chi connectivity index (χ0) is 27.3. The SMILES string of the molecule is COC(=O)N(Cc1cc(C(F)(F)F)cc(C(F)(F)F)c1)C1CC(C2CC2)N(C(=O)O)c2ccc(Cl)cc21. The Bertz CT molecular complexity index is 1180. The Hall–Kier alpha value is -3.15. The third-order valence-electron chi connectivity index (χ3n) is 6.56. The molecule has 2 aliphatic rings. The molecule has 2 amide bonds. The van der Waals surface area contributed by atoms with E-state index in [1.807, 2.05) is 0 Å². The van der Waals surface area contributed by atoms with Gasteiger partial charge in [0.1, 0.15) is 0 Å². The van der Waals surface area contributed by atoms with Gasteiger partial charge in [-0.05, 0) is 67.1 Å². The molecule has 0 spiro atoms. The molecule has 13 heteroatoms. The minimum atomic E-state index is -5.06. The number of carboxylic acid groups (broad SMARTS) is 1. The number of carbonyl (C=O) groups is 2. The van der Waals surface area contributed by atoms with Crippen molar-refractivity contribution in [3.8, 4) is 0 Å². The molecule has 200 valence electrons. The lowest BCUT2D eigenvalue weighted by atomic mass is 9.87. The van der Waals surface area contributed by atoms with Crippen LogP contribution in [0.5, 0.6) is 0 Å². The maximum atomic E-state index is 13.4. The van der Waals surface area contributed by atoms with Crippen LogP contribution in [-0.2, 0) is 23.6 Å². The molecule has 6 nitrogen and oxygen atoms in total. The molecule has 2 aromatic carbocycles. The lowest BCUT2D eigenvalue weighted by Gasteiger charge is -2.43.